The summed E-state index contributed by atoms with van der Waals surface area (Å²) in [6.45, 7) is 0. The molecule has 1 aliphatic carbocycles. The second-order valence-corrected chi connectivity index (χ2v) is 8.07. The van der Waals surface area contributed by atoms with Crippen LogP contribution >= 0.6 is 22.6 Å². The van der Waals surface area contributed by atoms with E-state index in [1.165, 1.54) is 57.6 Å². The second kappa shape index (κ2) is 5.40. The van der Waals surface area contributed by atoms with Crippen LogP contribution in [0.2, 0.25) is 0 Å². The van der Waals surface area contributed by atoms with E-state index in [4.69, 9.17) is 0 Å². The summed E-state index contributed by atoms with van der Waals surface area (Å²) < 4.78 is 1.23. The molecule has 1 saturated heterocycles. The zero-order valence-electron chi connectivity index (χ0n) is 13.1. The zero-order valence-corrected chi connectivity index (χ0v) is 15.3. The van der Waals surface area contributed by atoms with E-state index in [0.29, 0.717) is 6.04 Å². The molecule has 118 valence electrons. The molecule has 1 N–H and O–H groups in total. The van der Waals surface area contributed by atoms with E-state index in [1.54, 1.807) is 0 Å². The molecule has 3 unspecified atom stereocenters. The minimum Gasteiger partial charge on any atom is -0.365 e. The molecule has 2 nitrogen and oxygen atoms in total. The molecule has 23 heavy (non-hydrogen) atoms. The van der Waals surface area contributed by atoms with Gasteiger partial charge in [0.1, 0.15) is 0 Å². The summed E-state index contributed by atoms with van der Waals surface area (Å²) in [6.07, 6.45) is 5.59. The molecular formula is C20H21IN2. The van der Waals surface area contributed by atoms with Crippen molar-refractivity contribution in [1.29, 1.82) is 0 Å². The Hall–Kier alpha value is -1.23. The fourth-order valence-electron chi connectivity index (χ4n) is 4.87. The number of hydrogen-bond donors (Lipinski definition) is 1. The molecule has 3 aromatic rings. The number of rotatable bonds is 2. The number of nitrogens with zero attached hydrogens (tertiary/aromatic N) is 1. The van der Waals surface area contributed by atoms with Gasteiger partial charge in [0.2, 0.25) is 0 Å². The maximum Gasteiger partial charge on any atom is 0.0485 e. The van der Waals surface area contributed by atoms with Crippen molar-refractivity contribution in [1.82, 2.24) is 4.98 Å². The number of alkyl halides is 1. The fourth-order valence-corrected chi connectivity index (χ4v) is 5.66. The molecule has 1 aromatic heterocycles. The van der Waals surface area contributed by atoms with Crippen LogP contribution in [0.5, 0.6) is 0 Å². The summed E-state index contributed by atoms with van der Waals surface area (Å²) in [5, 5.41) is 2.68. The van der Waals surface area contributed by atoms with Crippen LogP contribution in [0.15, 0.2) is 42.5 Å². The Labute approximate surface area is 150 Å². The van der Waals surface area contributed by atoms with Crippen LogP contribution in [0.3, 0.4) is 0 Å². The smallest absolute Gasteiger partial charge is 0.0485 e. The average molecular weight is 416 g/mol. The molecule has 5 rings (SSSR count). The normalized spacial score (nSPS) is 27.2. The molecule has 0 amide bonds. The Kier molecular flexibility index (Phi) is 3.32. The van der Waals surface area contributed by atoms with Gasteiger partial charge in [0, 0.05) is 44.0 Å². The Morgan fingerprint density at radius 3 is 2.78 bits per heavy atom. The second-order valence-electron chi connectivity index (χ2n) is 7.18. The van der Waals surface area contributed by atoms with Gasteiger partial charge >= 0.3 is 0 Å². The topological polar surface area (TPSA) is 19.0 Å². The van der Waals surface area contributed by atoms with Gasteiger partial charge in [-0.2, -0.15) is 0 Å². The lowest BCUT2D eigenvalue weighted by Crippen LogP contribution is -2.46. The Morgan fingerprint density at radius 2 is 1.87 bits per heavy atom. The first kappa shape index (κ1) is 14.1. The Morgan fingerprint density at radius 1 is 1.00 bits per heavy atom. The highest BCUT2D eigenvalue weighted by Gasteiger charge is 2.39. The number of aromatic nitrogens is 1. The van der Waals surface area contributed by atoms with Gasteiger partial charge in [0.25, 0.3) is 0 Å². The maximum atomic E-state index is 3.61. The van der Waals surface area contributed by atoms with Crippen molar-refractivity contribution in [2.45, 2.75) is 37.8 Å². The van der Waals surface area contributed by atoms with Crippen LogP contribution in [0.4, 0.5) is 5.69 Å². The number of anilines is 1. The number of nitrogens with one attached hydrogen (secondary N) is 1. The molecule has 2 aliphatic rings. The minimum atomic E-state index is 0.712. The molecule has 2 heterocycles. The van der Waals surface area contributed by atoms with Gasteiger partial charge in [-0.3, -0.25) is 0 Å². The highest BCUT2D eigenvalue weighted by Crippen LogP contribution is 2.43. The monoisotopic (exact) mass is 416 g/mol. The van der Waals surface area contributed by atoms with Crippen LogP contribution in [-0.4, -0.2) is 21.5 Å². The van der Waals surface area contributed by atoms with Crippen LogP contribution in [0, 0.1) is 5.92 Å². The summed E-state index contributed by atoms with van der Waals surface area (Å²) in [6, 6.07) is 17.1. The molecule has 3 heteroatoms. The standard InChI is InChI=1S/C20H21IN2/c21-12-16-10-13-5-6-14(9-13)23(16)15-7-8-18-17-3-1-2-4-19(17)22-20(18)11-15/h1-4,7-8,11,13-14,16,22H,5-6,9-10,12H2. The molecule has 0 radical (unpaired) electrons. The first-order chi connectivity index (χ1) is 11.3. The van der Waals surface area contributed by atoms with Crippen molar-refractivity contribution in [3.05, 3.63) is 42.5 Å². The number of halogens is 1. The summed E-state index contributed by atoms with van der Waals surface area (Å²) in [7, 11) is 0. The highest BCUT2D eigenvalue weighted by molar-refractivity contribution is 14.1. The van der Waals surface area contributed by atoms with Crippen molar-refractivity contribution < 1.29 is 0 Å². The number of aromatic amines is 1. The van der Waals surface area contributed by atoms with Gasteiger partial charge in [0.05, 0.1) is 0 Å². The van der Waals surface area contributed by atoms with Crippen molar-refractivity contribution in [3.8, 4) is 0 Å². The van der Waals surface area contributed by atoms with Gasteiger partial charge in [-0.05, 0) is 49.8 Å². The number of piperidine rings is 1. The van der Waals surface area contributed by atoms with E-state index in [2.05, 4.69) is 74.9 Å². The van der Waals surface area contributed by atoms with Crippen molar-refractivity contribution >= 4 is 50.1 Å². The predicted molar refractivity (Wildman–Crippen MR) is 107 cm³/mol. The van der Waals surface area contributed by atoms with Crippen molar-refractivity contribution in [2.75, 3.05) is 9.33 Å². The lowest BCUT2D eigenvalue weighted by molar-refractivity contribution is 0.377. The fraction of sp³-hybridized carbons (Fsp3) is 0.400. The Bertz CT molecular complexity index is 868. The summed E-state index contributed by atoms with van der Waals surface area (Å²) in [5.74, 6) is 0.979. The van der Waals surface area contributed by atoms with Gasteiger partial charge in [-0.25, -0.2) is 0 Å². The quantitative estimate of drug-likeness (QED) is 0.432. The molecule has 0 spiro atoms. The number of hydrogen-bond acceptors (Lipinski definition) is 1. The predicted octanol–water partition coefficient (Wildman–Crippen LogP) is 5.50. The molecule has 2 fully saturated rings. The number of benzene rings is 2. The van der Waals surface area contributed by atoms with E-state index in [9.17, 15) is 0 Å². The van der Waals surface area contributed by atoms with Crippen LogP contribution in [0.1, 0.15) is 25.7 Å². The number of para-hydroxylation sites is 1. The lowest BCUT2D eigenvalue weighted by Gasteiger charge is -2.42. The van der Waals surface area contributed by atoms with Crippen molar-refractivity contribution in [3.63, 3.8) is 0 Å². The van der Waals surface area contributed by atoms with Crippen LogP contribution in [-0.2, 0) is 0 Å². The molecular weight excluding hydrogens is 395 g/mol. The molecule has 1 aliphatic heterocycles. The third-order valence-corrected chi connectivity index (χ3v) is 6.89. The molecule has 3 atom stereocenters. The minimum absolute atomic E-state index is 0.712. The van der Waals surface area contributed by atoms with Crippen LogP contribution in [0.25, 0.3) is 21.8 Å². The van der Waals surface area contributed by atoms with Gasteiger partial charge in [-0.15, -0.1) is 0 Å². The van der Waals surface area contributed by atoms with Gasteiger partial charge in [-0.1, -0.05) is 46.9 Å². The lowest BCUT2D eigenvalue weighted by atomic mass is 9.92. The SMILES string of the molecule is ICC1CC2CCC(C2)N1c1ccc2c(c1)[nH]c1ccccc12. The number of fused-ring (bicyclic) bond motifs is 5. The summed E-state index contributed by atoms with van der Waals surface area (Å²) in [5.41, 5.74) is 3.93. The van der Waals surface area contributed by atoms with E-state index >= 15 is 0 Å². The van der Waals surface area contributed by atoms with E-state index in [-0.39, 0.29) is 0 Å². The average Bonchev–Trinajstić information content (AvgIpc) is 3.14. The van der Waals surface area contributed by atoms with Crippen LogP contribution < -0.4 is 4.90 Å². The third-order valence-electron chi connectivity index (χ3n) is 5.87. The third kappa shape index (κ3) is 2.19. The summed E-state index contributed by atoms with van der Waals surface area (Å²) in [4.78, 5) is 6.34. The summed E-state index contributed by atoms with van der Waals surface area (Å²) >= 11 is 2.58. The first-order valence-corrected chi connectivity index (χ1v) is 10.2. The van der Waals surface area contributed by atoms with E-state index in [1.807, 2.05) is 0 Å². The molecule has 2 bridgehead atoms. The van der Waals surface area contributed by atoms with Gasteiger partial charge in [0.15, 0.2) is 0 Å². The molecule has 1 saturated carbocycles. The Balaban J connectivity index is 1.63. The highest BCUT2D eigenvalue weighted by atomic mass is 127. The van der Waals surface area contributed by atoms with E-state index < -0.39 is 0 Å². The zero-order chi connectivity index (χ0) is 15.4. The van der Waals surface area contributed by atoms with Gasteiger partial charge < -0.3 is 9.88 Å². The van der Waals surface area contributed by atoms with Crippen molar-refractivity contribution in [2.24, 2.45) is 5.92 Å². The molecule has 2 aromatic carbocycles. The number of H-pyrrole nitrogens is 1. The largest absolute Gasteiger partial charge is 0.365 e. The first-order valence-electron chi connectivity index (χ1n) is 8.68. The maximum absolute atomic E-state index is 3.61. The van der Waals surface area contributed by atoms with E-state index in [0.717, 1.165) is 12.0 Å².